The summed E-state index contributed by atoms with van der Waals surface area (Å²) in [6.07, 6.45) is 3.12. The normalized spacial score (nSPS) is 15.5. The van der Waals surface area contributed by atoms with Crippen molar-refractivity contribution in [1.82, 2.24) is 4.98 Å². The predicted molar refractivity (Wildman–Crippen MR) is 108 cm³/mol. The molecule has 0 bridgehead atoms. The monoisotopic (exact) mass is 380 g/mol. The van der Waals surface area contributed by atoms with Crippen LogP contribution in [0.25, 0.3) is 10.9 Å². The number of H-pyrrole nitrogens is 1. The van der Waals surface area contributed by atoms with E-state index in [0.29, 0.717) is 16.5 Å². The highest BCUT2D eigenvalue weighted by atomic mass is 19.1. The summed E-state index contributed by atoms with van der Waals surface area (Å²) in [5.74, 6) is -0.656. The average Bonchev–Trinajstić information content (AvgIpc) is 3.01. The number of aromatic amines is 1. The van der Waals surface area contributed by atoms with E-state index >= 15 is 0 Å². The minimum absolute atomic E-state index is 0.0301. The highest BCUT2D eigenvalue weighted by Crippen LogP contribution is 2.28. The van der Waals surface area contributed by atoms with E-state index < -0.39 is 0 Å². The summed E-state index contributed by atoms with van der Waals surface area (Å²) in [7, 11) is 0. The molecule has 0 radical (unpaired) electrons. The van der Waals surface area contributed by atoms with Crippen LogP contribution in [0, 0.1) is 11.7 Å². The van der Waals surface area contributed by atoms with E-state index in [1.54, 1.807) is 12.3 Å². The van der Waals surface area contributed by atoms with Gasteiger partial charge in [-0.3, -0.25) is 9.79 Å². The van der Waals surface area contributed by atoms with Crippen molar-refractivity contribution < 1.29 is 14.3 Å². The Hall–Kier alpha value is -3.35. The molecule has 0 spiro atoms. The first-order chi connectivity index (χ1) is 13.5. The smallest absolute Gasteiger partial charge is 0.220 e. The number of rotatable bonds is 4. The third-order valence-electron chi connectivity index (χ3n) is 5.23. The molecule has 1 amide bonds. The lowest BCUT2D eigenvalue weighted by molar-refractivity contribution is -0.122. The standard InChI is InChI=1S/C21H21FN4O2/c22-14-1-6-17-18(21(28)25-19(17)11-14)12-24-15-2-4-16(5-3-15)26-9-7-13(8-10-26)20(23)27/h1-6,11-13,25,28H,7-10H2,(H2,23,27). The summed E-state index contributed by atoms with van der Waals surface area (Å²) >= 11 is 0. The van der Waals surface area contributed by atoms with Gasteiger partial charge < -0.3 is 20.7 Å². The van der Waals surface area contributed by atoms with Crippen molar-refractivity contribution in [3.05, 3.63) is 53.8 Å². The molecule has 4 N–H and O–H groups in total. The Morgan fingerprint density at radius 1 is 1.21 bits per heavy atom. The van der Waals surface area contributed by atoms with E-state index in [0.717, 1.165) is 37.3 Å². The van der Waals surface area contributed by atoms with Gasteiger partial charge in [-0.05, 0) is 55.3 Å². The van der Waals surface area contributed by atoms with Gasteiger partial charge in [-0.1, -0.05) is 0 Å². The number of carbonyl (C=O) groups excluding carboxylic acids is 1. The largest absolute Gasteiger partial charge is 0.494 e. The molecule has 6 nitrogen and oxygen atoms in total. The summed E-state index contributed by atoms with van der Waals surface area (Å²) in [6.45, 7) is 1.60. The van der Waals surface area contributed by atoms with Crippen molar-refractivity contribution in [2.24, 2.45) is 16.6 Å². The molecule has 1 fully saturated rings. The van der Waals surface area contributed by atoms with E-state index in [1.807, 2.05) is 24.3 Å². The SMILES string of the molecule is NC(=O)C1CCN(c2ccc(N=Cc3c(O)[nH]c4cc(F)ccc34)cc2)CC1. The lowest BCUT2D eigenvalue weighted by atomic mass is 9.96. The van der Waals surface area contributed by atoms with Gasteiger partial charge in [-0.15, -0.1) is 0 Å². The quantitative estimate of drug-likeness (QED) is 0.605. The van der Waals surface area contributed by atoms with Crippen LogP contribution < -0.4 is 10.6 Å². The zero-order valence-corrected chi connectivity index (χ0v) is 15.2. The van der Waals surface area contributed by atoms with E-state index in [1.165, 1.54) is 12.1 Å². The molecule has 1 saturated heterocycles. The number of aliphatic imine (C=N–C) groups is 1. The summed E-state index contributed by atoms with van der Waals surface area (Å²) < 4.78 is 13.3. The van der Waals surface area contributed by atoms with Crippen LogP contribution in [0.5, 0.6) is 5.88 Å². The fourth-order valence-electron chi connectivity index (χ4n) is 3.62. The van der Waals surface area contributed by atoms with Crippen molar-refractivity contribution >= 4 is 34.4 Å². The number of amides is 1. The molecule has 7 heteroatoms. The molecule has 0 aliphatic carbocycles. The van der Waals surface area contributed by atoms with Crippen LogP contribution in [-0.4, -0.2) is 35.3 Å². The van der Waals surface area contributed by atoms with Crippen LogP contribution in [0.15, 0.2) is 47.5 Å². The van der Waals surface area contributed by atoms with Crippen LogP contribution in [0.3, 0.4) is 0 Å². The van der Waals surface area contributed by atoms with Crippen LogP contribution in [0.1, 0.15) is 18.4 Å². The molecular formula is C21H21FN4O2. The number of anilines is 1. The molecule has 144 valence electrons. The second-order valence-electron chi connectivity index (χ2n) is 7.02. The Labute approximate surface area is 161 Å². The third kappa shape index (κ3) is 3.55. The van der Waals surface area contributed by atoms with E-state index in [2.05, 4.69) is 14.9 Å². The Morgan fingerprint density at radius 2 is 1.93 bits per heavy atom. The van der Waals surface area contributed by atoms with Gasteiger partial charge in [0.1, 0.15) is 5.82 Å². The van der Waals surface area contributed by atoms with Crippen molar-refractivity contribution in [3.63, 3.8) is 0 Å². The molecule has 0 atom stereocenters. The Morgan fingerprint density at radius 3 is 2.61 bits per heavy atom. The maximum atomic E-state index is 13.3. The fourth-order valence-corrected chi connectivity index (χ4v) is 3.62. The first-order valence-corrected chi connectivity index (χ1v) is 9.20. The molecule has 4 rings (SSSR count). The van der Waals surface area contributed by atoms with Crippen molar-refractivity contribution in [2.45, 2.75) is 12.8 Å². The van der Waals surface area contributed by atoms with Crippen LogP contribution in [0.4, 0.5) is 15.8 Å². The molecule has 0 unspecified atom stereocenters. The maximum absolute atomic E-state index is 13.3. The highest BCUT2D eigenvalue weighted by Gasteiger charge is 2.23. The predicted octanol–water partition coefficient (Wildman–Crippen LogP) is 3.46. The number of hydrogen-bond donors (Lipinski definition) is 3. The summed E-state index contributed by atoms with van der Waals surface area (Å²) in [6, 6.07) is 12.1. The second kappa shape index (κ2) is 7.34. The zero-order chi connectivity index (χ0) is 19.7. The van der Waals surface area contributed by atoms with Crippen molar-refractivity contribution in [1.29, 1.82) is 0 Å². The van der Waals surface area contributed by atoms with Crippen molar-refractivity contribution in [3.8, 4) is 5.88 Å². The number of nitrogens with one attached hydrogen (secondary N) is 1. The van der Waals surface area contributed by atoms with Gasteiger partial charge in [-0.2, -0.15) is 0 Å². The number of aromatic hydroxyl groups is 1. The molecular weight excluding hydrogens is 359 g/mol. The van der Waals surface area contributed by atoms with Crippen LogP contribution in [-0.2, 0) is 4.79 Å². The van der Waals surface area contributed by atoms with Gasteiger partial charge in [0.15, 0.2) is 5.88 Å². The first-order valence-electron chi connectivity index (χ1n) is 9.20. The number of halogens is 1. The summed E-state index contributed by atoms with van der Waals surface area (Å²) in [5, 5.41) is 10.8. The van der Waals surface area contributed by atoms with Gasteiger partial charge in [-0.25, -0.2) is 4.39 Å². The topological polar surface area (TPSA) is 94.7 Å². The second-order valence-corrected chi connectivity index (χ2v) is 7.02. The Bertz CT molecular complexity index is 1030. The zero-order valence-electron chi connectivity index (χ0n) is 15.2. The van der Waals surface area contributed by atoms with Crippen LogP contribution in [0.2, 0.25) is 0 Å². The Balaban J connectivity index is 1.48. The Kier molecular flexibility index (Phi) is 4.73. The number of carbonyl (C=O) groups is 1. The number of nitrogens with two attached hydrogens (primary N) is 1. The van der Waals surface area contributed by atoms with E-state index in [9.17, 15) is 14.3 Å². The van der Waals surface area contributed by atoms with E-state index in [-0.39, 0.29) is 23.5 Å². The fraction of sp³-hybridized carbons (Fsp3) is 0.238. The minimum atomic E-state index is -0.368. The molecule has 2 aromatic carbocycles. The number of aromatic nitrogens is 1. The van der Waals surface area contributed by atoms with Crippen LogP contribution >= 0.6 is 0 Å². The molecule has 3 aromatic rings. The minimum Gasteiger partial charge on any atom is -0.494 e. The number of benzene rings is 2. The van der Waals surface area contributed by atoms with Gasteiger partial charge in [0.2, 0.25) is 5.91 Å². The number of primary amides is 1. The average molecular weight is 380 g/mol. The molecule has 1 aliphatic rings. The lowest BCUT2D eigenvalue weighted by Crippen LogP contribution is -2.38. The molecule has 28 heavy (non-hydrogen) atoms. The van der Waals surface area contributed by atoms with Gasteiger partial charge in [0.05, 0.1) is 16.8 Å². The van der Waals surface area contributed by atoms with Gasteiger partial charge in [0.25, 0.3) is 0 Å². The molecule has 1 aliphatic heterocycles. The summed E-state index contributed by atoms with van der Waals surface area (Å²) in [4.78, 5) is 20.7. The van der Waals surface area contributed by atoms with Gasteiger partial charge >= 0.3 is 0 Å². The van der Waals surface area contributed by atoms with Gasteiger partial charge in [0, 0.05) is 36.3 Å². The van der Waals surface area contributed by atoms with Crippen molar-refractivity contribution in [2.75, 3.05) is 18.0 Å². The number of fused-ring (bicyclic) bond motifs is 1. The first kappa shape index (κ1) is 18.0. The molecule has 2 heterocycles. The number of nitrogens with zero attached hydrogens (tertiary/aromatic N) is 2. The highest BCUT2D eigenvalue weighted by molar-refractivity contribution is 6.02. The van der Waals surface area contributed by atoms with E-state index in [4.69, 9.17) is 5.73 Å². The molecule has 0 saturated carbocycles. The maximum Gasteiger partial charge on any atom is 0.220 e. The lowest BCUT2D eigenvalue weighted by Gasteiger charge is -2.32. The number of piperidine rings is 1. The summed E-state index contributed by atoms with van der Waals surface area (Å²) in [5.41, 5.74) is 8.25. The number of hydrogen-bond acceptors (Lipinski definition) is 4. The third-order valence-corrected chi connectivity index (χ3v) is 5.23. The molecule has 1 aromatic heterocycles.